The van der Waals surface area contributed by atoms with E-state index in [0.717, 1.165) is 31.5 Å². The maximum Gasteiger partial charge on any atom is 0.274 e. The molecule has 0 radical (unpaired) electrons. The number of nitrogens with one attached hydrogen (secondary N) is 2. The molecule has 0 unspecified atom stereocenters. The lowest BCUT2D eigenvalue weighted by Crippen LogP contribution is -2.72. The van der Waals surface area contributed by atoms with E-state index in [1.54, 1.807) is 18.5 Å². The highest BCUT2D eigenvalue weighted by molar-refractivity contribution is 5.94. The number of hydrogen-bond acceptors (Lipinski definition) is 7. The van der Waals surface area contributed by atoms with Gasteiger partial charge in [0.15, 0.2) is 17.3 Å². The molecule has 0 atom stereocenters. The molecule has 0 bridgehead atoms. The van der Waals surface area contributed by atoms with Gasteiger partial charge in [-0.3, -0.25) is 14.5 Å². The zero-order chi connectivity index (χ0) is 27.1. The summed E-state index contributed by atoms with van der Waals surface area (Å²) in [4.78, 5) is 37.2. The summed E-state index contributed by atoms with van der Waals surface area (Å²) in [6.07, 6.45) is 4.86. The van der Waals surface area contributed by atoms with E-state index in [9.17, 15) is 18.4 Å². The summed E-state index contributed by atoms with van der Waals surface area (Å²) in [7, 11) is 0. The van der Waals surface area contributed by atoms with Crippen molar-refractivity contribution in [2.45, 2.75) is 51.1 Å². The van der Waals surface area contributed by atoms with Crippen LogP contribution in [0.1, 0.15) is 56.3 Å². The average Bonchev–Trinajstić information content (AvgIpc) is 3.42. The van der Waals surface area contributed by atoms with E-state index in [2.05, 4.69) is 51.4 Å². The Hall–Kier alpha value is -3.73. The molecule has 2 aromatic heterocycles. The quantitative estimate of drug-likeness (QED) is 0.464. The van der Waals surface area contributed by atoms with Gasteiger partial charge >= 0.3 is 0 Å². The van der Waals surface area contributed by atoms with Crippen LogP contribution in [0.25, 0.3) is 11.3 Å². The summed E-state index contributed by atoms with van der Waals surface area (Å²) in [5.41, 5.74) is -1.42. The van der Waals surface area contributed by atoms with Crippen LogP contribution in [0, 0.1) is 17.0 Å². The fraction of sp³-hybridized carbons (Fsp3) is 0.444. The summed E-state index contributed by atoms with van der Waals surface area (Å²) in [5.74, 6) is -1.72. The molecule has 5 rings (SSSR count). The van der Waals surface area contributed by atoms with Crippen LogP contribution in [0.15, 0.2) is 47.2 Å². The van der Waals surface area contributed by atoms with Crippen molar-refractivity contribution in [2.75, 3.05) is 19.6 Å². The van der Waals surface area contributed by atoms with Gasteiger partial charge < -0.3 is 15.2 Å². The van der Waals surface area contributed by atoms with E-state index >= 15 is 0 Å². The van der Waals surface area contributed by atoms with Gasteiger partial charge in [-0.05, 0) is 36.5 Å². The lowest BCUT2D eigenvalue weighted by Gasteiger charge is -2.52. The van der Waals surface area contributed by atoms with E-state index in [4.69, 9.17) is 4.52 Å². The molecule has 1 saturated heterocycles. The van der Waals surface area contributed by atoms with Gasteiger partial charge in [0, 0.05) is 44.2 Å². The highest BCUT2D eigenvalue weighted by atomic mass is 19.1. The number of benzene rings is 1. The fourth-order valence-corrected chi connectivity index (χ4v) is 5.02. The molecule has 9 nitrogen and oxygen atoms in total. The molecular weight excluding hydrogens is 494 g/mol. The second-order valence-electron chi connectivity index (χ2n) is 11.5. The van der Waals surface area contributed by atoms with Gasteiger partial charge in [0.25, 0.3) is 5.91 Å². The second-order valence-corrected chi connectivity index (χ2v) is 11.5. The third-order valence-corrected chi connectivity index (χ3v) is 6.69. The van der Waals surface area contributed by atoms with Gasteiger partial charge in [-0.25, -0.2) is 18.7 Å². The summed E-state index contributed by atoms with van der Waals surface area (Å²) in [6, 6.07) is 6.08. The Morgan fingerprint density at radius 2 is 1.79 bits per heavy atom. The number of carbonyl (C=O) groups is 2. The normalized spacial score (nSPS) is 17.9. The lowest BCUT2D eigenvalue weighted by atomic mass is 9.83. The molecule has 38 heavy (non-hydrogen) atoms. The largest absolute Gasteiger partial charge is 0.355 e. The van der Waals surface area contributed by atoms with Crippen molar-refractivity contribution in [1.29, 1.82) is 0 Å². The summed E-state index contributed by atoms with van der Waals surface area (Å²) in [6.45, 7) is 8.14. The molecule has 200 valence electrons. The highest BCUT2D eigenvalue weighted by Crippen LogP contribution is 2.44. The predicted octanol–water partition coefficient (Wildman–Crippen LogP) is 3.44. The number of nitrogens with zero attached hydrogens (tertiary/aromatic N) is 4. The van der Waals surface area contributed by atoms with Crippen LogP contribution < -0.4 is 10.6 Å². The summed E-state index contributed by atoms with van der Waals surface area (Å²) < 4.78 is 32.6. The Bertz CT molecular complexity index is 1340. The van der Waals surface area contributed by atoms with Crippen LogP contribution in [0.3, 0.4) is 0 Å². The maximum atomic E-state index is 14.2. The second kappa shape index (κ2) is 9.54. The predicted molar refractivity (Wildman–Crippen MR) is 134 cm³/mol. The first-order chi connectivity index (χ1) is 18.0. The number of rotatable bonds is 8. The zero-order valence-corrected chi connectivity index (χ0v) is 21.6. The maximum absolute atomic E-state index is 14.2. The molecular formula is C27H30F2N6O3. The van der Waals surface area contributed by atoms with Crippen molar-refractivity contribution in [1.82, 2.24) is 30.7 Å². The van der Waals surface area contributed by atoms with Gasteiger partial charge in [-0.2, -0.15) is 0 Å². The molecule has 1 aliphatic carbocycles. The Balaban J connectivity index is 1.30. The first-order valence-electron chi connectivity index (χ1n) is 12.5. The monoisotopic (exact) mass is 524 g/mol. The molecule has 1 aliphatic heterocycles. The Labute approximate surface area is 219 Å². The number of aromatic nitrogens is 3. The number of carbonyl (C=O) groups excluding carboxylic acids is 2. The Kier molecular flexibility index (Phi) is 6.50. The summed E-state index contributed by atoms with van der Waals surface area (Å²) >= 11 is 0. The minimum Gasteiger partial charge on any atom is -0.355 e. The number of amides is 2. The van der Waals surface area contributed by atoms with Crippen LogP contribution in [-0.2, 0) is 10.3 Å². The van der Waals surface area contributed by atoms with Crippen molar-refractivity contribution in [3.63, 3.8) is 0 Å². The van der Waals surface area contributed by atoms with Gasteiger partial charge in [-0.15, -0.1) is 0 Å². The molecule has 11 heteroatoms. The molecule has 3 aromatic rings. The van der Waals surface area contributed by atoms with E-state index in [-0.39, 0.29) is 34.8 Å². The first-order valence-corrected chi connectivity index (χ1v) is 12.5. The Morgan fingerprint density at radius 1 is 1.08 bits per heavy atom. The average molecular weight is 525 g/mol. The van der Waals surface area contributed by atoms with Gasteiger partial charge in [0.2, 0.25) is 5.91 Å². The Morgan fingerprint density at radius 3 is 2.42 bits per heavy atom. The molecule has 1 saturated carbocycles. The van der Waals surface area contributed by atoms with Crippen molar-refractivity contribution in [3.05, 3.63) is 65.9 Å². The first kappa shape index (κ1) is 25.9. The smallest absolute Gasteiger partial charge is 0.274 e. The van der Waals surface area contributed by atoms with E-state index in [1.807, 2.05) is 0 Å². The molecule has 1 aromatic carbocycles. The van der Waals surface area contributed by atoms with Gasteiger partial charge in [-0.1, -0.05) is 25.9 Å². The van der Waals surface area contributed by atoms with Gasteiger partial charge in [0.05, 0.1) is 23.1 Å². The topological polar surface area (TPSA) is 113 Å². The molecule has 2 fully saturated rings. The lowest BCUT2D eigenvalue weighted by molar-refractivity contribution is -0.125. The third kappa shape index (κ3) is 5.57. The highest BCUT2D eigenvalue weighted by Gasteiger charge is 2.51. The standard InChI is InChI=1S/C27H30F2N6O3/c1-25(2,3)14-35-15-26(16-35,13-22(36)32-27(7-8-27)24-30-9-4-10-31-24)33-23(37)20-12-21(38-34-20)18-6-5-17(28)11-19(18)29/h4-6,9-12H,7-8,13-16H2,1-3H3,(H,32,36)(H,33,37). The minimum atomic E-state index is -0.825. The van der Waals surface area contributed by atoms with E-state index in [0.29, 0.717) is 18.9 Å². The molecule has 3 heterocycles. The van der Waals surface area contributed by atoms with Crippen LogP contribution in [-0.4, -0.2) is 57.0 Å². The van der Waals surface area contributed by atoms with Crippen LogP contribution in [0.2, 0.25) is 0 Å². The summed E-state index contributed by atoms with van der Waals surface area (Å²) in [5, 5.41) is 9.85. The minimum absolute atomic E-state index is 0.000878. The fourth-order valence-electron chi connectivity index (χ4n) is 5.02. The molecule has 2 aliphatic rings. The van der Waals surface area contributed by atoms with Gasteiger partial charge in [0.1, 0.15) is 11.6 Å². The van der Waals surface area contributed by atoms with Crippen molar-refractivity contribution in [2.24, 2.45) is 5.41 Å². The third-order valence-electron chi connectivity index (χ3n) is 6.69. The SMILES string of the molecule is CC(C)(C)CN1CC(CC(=O)NC2(c3ncccn3)CC2)(NC(=O)c2cc(-c3ccc(F)cc3F)on2)C1. The van der Waals surface area contributed by atoms with Crippen LogP contribution in [0.5, 0.6) is 0 Å². The number of halogens is 2. The van der Waals surface area contributed by atoms with E-state index < -0.39 is 28.6 Å². The van der Waals surface area contributed by atoms with Crippen molar-refractivity contribution < 1.29 is 22.9 Å². The number of likely N-dealkylation sites (tertiary alicyclic amines) is 1. The van der Waals surface area contributed by atoms with Crippen LogP contribution in [0.4, 0.5) is 8.78 Å². The molecule has 2 N–H and O–H groups in total. The molecule has 2 amide bonds. The van der Waals surface area contributed by atoms with Crippen LogP contribution >= 0.6 is 0 Å². The molecule has 0 spiro atoms. The zero-order valence-electron chi connectivity index (χ0n) is 21.6. The number of hydrogen-bond donors (Lipinski definition) is 2. The van der Waals surface area contributed by atoms with Crippen molar-refractivity contribution in [3.8, 4) is 11.3 Å². The van der Waals surface area contributed by atoms with E-state index in [1.165, 1.54) is 12.1 Å². The van der Waals surface area contributed by atoms with Crippen molar-refractivity contribution >= 4 is 11.8 Å².